The molecule has 0 bridgehead atoms. The highest BCUT2D eigenvalue weighted by molar-refractivity contribution is 7.49. The number of phenolic OH excluding ortho intramolecular Hbond substituents is 1. The molecule has 97 heavy (non-hydrogen) atoms. The summed E-state index contributed by atoms with van der Waals surface area (Å²) in [6.07, 6.45) is 0.624. The smallest absolute Gasteiger partial charge is 0.530 e. The van der Waals surface area contributed by atoms with Crippen molar-refractivity contribution in [2.24, 2.45) is 0 Å². The van der Waals surface area contributed by atoms with E-state index in [4.69, 9.17) is 37.3 Å². The molecule has 33 heteroatoms. The summed E-state index contributed by atoms with van der Waals surface area (Å²) in [5.41, 5.74) is 0.291. The second kappa shape index (κ2) is 45.7. The summed E-state index contributed by atoms with van der Waals surface area (Å²) in [5, 5.41) is 20.4. The van der Waals surface area contributed by atoms with Gasteiger partial charge in [-0.1, -0.05) is 14.9 Å². The number of hydrogen-bond acceptors (Lipinski definition) is 29. The largest absolute Gasteiger partial charge is 0.545 e. The van der Waals surface area contributed by atoms with Crippen molar-refractivity contribution < 1.29 is 152 Å². The molecule has 0 aliphatic carbocycles. The Morgan fingerprint density at radius 2 is 0.866 bits per heavy atom. The maximum atomic E-state index is 12.4. The number of phosphoric ester groups is 1. The molecule has 0 saturated carbocycles. The average molecular weight is 1400 g/mol. The number of methoxy groups -OCH3 is 3. The predicted molar refractivity (Wildman–Crippen MR) is 334 cm³/mol. The fourth-order valence-corrected chi connectivity index (χ4v) is 8.44. The fourth-order valence-electron chi connectivity index (χ4n) is 7.16. The zero-order valence-corrected chi connectivity index (χ0v) is 54.9. The van der Waals surface area contributed by atoms with Gasteiger partial charge in [-0.2, -0.15) is 0 Å². The lowest BCUT2D eigenvalue weighted by Crippen LogP contribution is -2.47. The van der Waals surface area contributed by atoms with E-state index in [2.05, 4.69) is 56.5 Å². The van der Waals surface area contributed by atoms with E-state index >= 15 is 0 Å². The maximum absolute atomic E-state index is 12.4. The van der Waals surface area contributed by atoms with E-state index in [-0.39, 0.29) is 78.5 Å². The minimum absolute atomic E-state index is 0. The van der Waals surface area contributed by atoms with Gasteiger partial charge in [-0.25, -0.2) is 28.5 Å². The van der Waals surface area contributed by atoms with Gasteiger partial charge in [0, 0.05) is 78.8 Å². The Morgan fingerprint density at radius 3 is 1.22 bits per heavy atom. The van der Waals surface area contributed by atoms with E-state index < -0.39 is 112 Å². The number of nitrogens with zero attached hydrogens (tertiary/aromatic N) is 1. The van der Waals surface area contributed by atoms with Gasteiger partial charge in [-0.05, 0) is 107 Å². The monoisotopic (exact) mass is 1400 g/mol. The number of aldehydes is 4. The molecule has 538 valence electrons. The molecule has 0 atom stereocenters. The molecule has 4 aromatic carbocycles. The van der Waals surface area contributed by atoms with Gasteiger partial charge in [-0.3, -0.25) is 47.7 Å². The number of phenols is 1. The molecule has 1 saturated heterocycles. The molecular weight excluding hydrogens is 1320 g/mol. The molecule has 1 aliphatic heterocycles. The van der Waals surface area contributed by atoms with Crippen LogP contribution in [0.1, 0.15) is 185 Å². The zero-order valence-electron chi connectivity index (χ0n) is 54.0. The first-order chi connectivity index (χ1) is 44.9. The number of benzene rings is 4. The first-order valence-corrected chi connectivity index (χ1v) is 29.9. The maximum Gasteiger partial charge on any atom is 0.530 e. The highest BCUT2D eigenvalue weighted by atomic mass is 31.2. The second-order valence-corrected chi connectivity index (χ2v) is 21.5. The van der Waals surface area contributed by atoms with E-state index in [0.717, 1.165) is 18.2 Å². The normalized spacial score (nSPS) is 11.8. The van der Waals surface area contributed by atoms with Crippen LogP contribution in [-0.4, -0.2) is 168 Å². The molecule has 1 N–H and O–H groups in total. The number of hydrogen-bond donors (Lipinski definition) is 1. The third kappa shape index (κ3) is 32.6. The summed E-state index contributed by atoms with van der Waals surface area (Å²) >= 11 is 0. The van der Waals surface area contributed by atoms with Crippen molar-refractivity contribution in [1.82, 2.24) is 0 Å². The van der Waals surface area contributed by atoms with Crippen LogP contribution < -0.4 is 19.1 Å². The zero-order chi connectivity index (χ0) is 72.0. The number of carbonyl (C=O) groups is 12. The molecule has 0 aromatic heterocycles. The van der Waals surface area contributed by atoms with Crippen LogP contribution >= 0.6 is 7.82 Å². The van der Waals surface area contributed by atoms with Crippen LogP contribution in [0.15, 0.2) is 72.8 Å². The number of carboxylic acid groups (broad SMARTS) is 1. The van der Waals surface area contributed by atoms with Gasteiger partial charge in [0.2, 0.25) is 25.2 Å². The first-order valence-electron chi connectivity index (χ1n) is 28.5. The lowest BCUT2D eigenvalue weighted by Gasteiger charge is -2.34. The summed E-state index contributed by atoms with van der Waals surface area (Å²) in [7, 11) is 0.261. The SMILES string of the molecule is C.C.CC[N+](CC)(CC)CC.COC(=O)c1cc(C=O)ccc1OC(C)(C)OC.COC(C)(C)Oc1ccc(C=O)cc1C(=O)[O-].O=Cc1ccc(O)c(C(=O)OCOC(=O)CCC(=O)OF)c1.O=Cc1ccc(OP2(=O)OCCCO2)c(C(=O)OCOC(=O)CCC(=O)OF)c1. The number of ether oxygens (including phenoxy) is 9. The Morgan fingerprint density at radius 1 is 0.526 bits per heavy atom. The summed E-state index contributed by atoms with van der Waals surface area (Å²) < 4.78 is 95.8. The molecular formula is C64H84F2NO29P. The molecule has 4 aromatic rings. The Hall–Kier alpha value is -9.59. The number of phosphoric acid groups is 1. The van der Waals surface area contributed by atoms with Gasteiger partial charge in [0.05, 0.1) is 78.2 Å². The van der Waals surface area contributed by atoms with E-state index in [1.165, 1.54) is 101 Å². The van der Waals surface area contributed by atoms with Crippen molar-refractivity contribution >= 4 is 80.7 Å². The van der Waals surface area contributed by atoms with Crippen molar-refractivity contribution in [2.75, 3.05) is 74.3 Å². The molecule has 1 aliphatic rings. The lowest BCUT2D eigenvalue weighted by molar-refractivity contribution is -0.921. The van der Waals surface area contributed by atoms with Gasteiger partial charge in [0.1, 0.15) is 64.8 Å². The van der Waals surface area contributed by atoms with Gasteiger partial charge in [-0.15, -0.1) is 0 Å². The number of carboxylic acids is 1. The Balaban J connectivity index is 0. The van der Waals surface area contributed by atoms with E-state index in [9.17, 15) is 81.4 Å². The van der Waals surface area contributed by atoms with Crippen LogP contribution in [-0.2, 0) is 75.8 Å². The summed E-state index contributed by atoms with van der Waals surface area (Å²) in [4.78, 5) is 138. The number of quaternary nitrogens is 1. The van der Waals surface area contributed by atoms with Crippen molar-refractivity contribution in [1.29, 1.82) is 0 Å². The predicted octanol–water partition coefficient (Wildman–Crippen LogP) is 9.18. The summed E-state index contributed by atoms with van der Waals surface area (Å²) in [6.45, 7) is 19.6. The third-order valence-corrected chi connectivity index (χ3v) is 14.5. The molecule has 30 nitrogen and oxygen atoms in total. The number of aromatic hydroxyl groups is 1. The van der Waals surface area contributed by atoms with Crippen molar-refractivity contribution in [2.45, 2.75) is 114 Å². The second-order valence-electron chi connectivity index (χ2n) is 19.9. The third-order valence-electron chi connectivity index (χ3n) is 13.1. The topological polar surface area (TPSA) is 394 Å². The van der Waals surface area contributed by atoms with Gasteiger partial charge >= 0.3 is 49.6 Å². The number of aromatic carboxylic acids is 1. The molecule has 0 spiro atoms. The molecule has 1 fully saturated rings. The van der Waals surface area contributed by atoms with Crippen LogP contribution in [0, 0.1) is 0 Å². The lowest BCUT2D eigenvalue weighted by atomic mass is 10.1. The Bertz CT molecular complexity index is 3270. The standard InChI is InChI=1S/C16H16FO11P.C13H11FO8.C13H16O5.C12H14O5.C8H20N.2CH4/c17-27-15(20)5-4-14(19)23-10-24-16(21)12-8-11(9-18)2-3-13(12)28-29(22)25-6-1-7-26-29;14-22-12(18)4-3-11(17)20-7-21-13(19)9-5-8(6-15)1-2-10(9)16;1-13(2,17-4)18-11-6-5-9(8-14)7-10(11)12(15)16-3;1-12(2,16-3)17-10-5-4-8(7-13)6-9(10)11(14)15;1-5-9(6-2,7-3)8-4;;/h2-3,8-9H,1,4-7,10H2;1-2,5-6,16H,3-4,7H2;5-8H,1-4H3;4-7H,1-3H3,(H,14,15);5-8H2,1-4H3;2*1H4/q;;;;+1;;/p-1. The molecule has 0 unspecified atom stereocenters. The molecule has 5 rings (SSSR count). The van der Waals surface area contributed by atoms with Crippen LogP contribution in [0.3, 0.4) is 0 Å². The van der Waals surface area contributed by atoms with Gasteiger partial charge < -0.3 is 66.6 Å². The average Bonchev–Trinajstić information content (AvgIpc) is 0.845. The van der Waals surface area contributed by atoms with E-state index in [1.807, 2.05) is 0 Å². The Labute approximate surface area is 559 Å². The van der Waals surface area contributed by atoms with Crippen LogP contribution in [0.25, 0.3) is 0 Å². The Kier molecular flexibility index (Phi) is 42.2. The van der Waals surface area contributed by atoms with Crippen molar-refractivity contribution in [3.63, 3.8) is 0 Å². The van der Waals surface area contributed by atoms with Gasteiger partial charge in [0.25, 0.3) is 0 Å². The highest BCUT2D eigenvalue weighted by Crippen LogP contribution is 2.52. The number of esters is 5. The molecule has 1 heterocycles. The minimum atomic E-state index is -3.94. The van der Waals surface area contributed by atoms with Crippen LogP contribution in [0.4, 0.5) is 9.05 Å². The number of halogens is 2. The van der Waals surface area contributed by atoms with E-state index in [0.29, 0.717) is 42.9 Å². The molecule has 0 radical (unpaired) electrons. The summed E-state index contributed by atoms with van der Waals surface area (Å²) in [6, 6.07) is 15.7. The van der Waals surface area contributed by atoms with E-state index in [1.54, 1.807) is 33.8 Å². The minimum Gasteiger partial charge on any atom is -0.545 e. The fraction of sp³-hybridized carbons (Fsp3) is 0.438. The first kappa shape index (κ1) is 89.5. The highest BCUT2D eigenvalue weighted by Gasteiger charge is 2.34. The van der Waals surface area contributed by atoms with Crippen LogP contribution in [0.5, 0.6) is 23.0 Å². The quantitative estimate of drug-likeness (QED) is 0.0127. The summed E-state index contributed by atoms with van der Waals surface area (Å²) in [5.74, 6) is -10.5. The molecule has 0 amide bonds. The number of rotatable bonds is 30. The number of carbonyl (C=O) groups excluding carboxylic acids is 12. The van der Waals surface area contributed by atoms with Crippen molar-refractivity contribution in [3.8, 4) is 23.0 Å². The van der Waals surface area contributed by atoms with Gasteiger partial charge in [0.15, 0.2) is 0 Å². The van der Waals surface area contributed by atoms with Crippen LogP contribution in [0.2, 0.25) is 0 Å². The van der Waals surface area contributed by atoms with Crippen molar-refractivity contribution in [3.05, 3.63) is 117 Å².